The van der Waals surface area contributed by atoms with Gasteiger partial charge in [0.25, 0.3) is 0 Å². The number of benzene rings is 8. The highest BCUT2D eigenvalue weighted by molar-refractivity contribution is 5.91. The smallest absolute Gasteiger partial charge is 0.0468 e. The lowest BCUT2D eigenvalue weighted by Gasteiger charge is -2.48. The van der Waals surface area contributed by atoms with Gasteiger partial charge in [0.15, 0.2) is 0 Å². The molecular weight excluding hydrogens is 725 g/mol. The van der Waals surface area contributed by atoms with Crippen molar-refractivity contribution in [2.75, 3.05) is 9.80 Å². The third kappa shape index (κ3) is 6.41. The minimum atomic E-state index is -0.0923. The fraction of sp³-hybridized carbons (Fsp3) is 0.207. The van der Waals surface area contributed by atoms with Gasteiger partial charge in [-0.25, -0.2) is 0 Å². The Kier molecular flexibility index (Phi) is 9.68. The van der Waals surface area contributed by atoms with Crippen LogP contribution in [0, 0.1) is 11.8 Å². The lowest BCUT2D eigenvalue weighted by Crippen LogP contribution is -2.42. The molecule has 8 aromatic rings. The first-order valence-electron chi connectivity index (χ1n) is 22.0. The van der Waals surface area contributed by atoms with Crippen molar-refractivity contribution in [3.05, 3.63) is 216 Å². The zero-order chi connectivity index (χ0) is 40.8. The summed E-state index contributed by atoms with van der Waals surface area (Å²) in [4.78, 5) is 4.84. The average molecular weight is 779 g/mol. The molecule has 10 rings (SSSR count). The maximum Gasteiger partial charge on any atom is 0.0468 e. The SMILES string of the molecule is CC(C)C1CCCCC1(c1ccc(N(c2ccccc2)c2ccccc2)cc1)c1ccc(N(c2ccc3c(c2)C(C)(C)c2ccccc2-3)c2ccc3ccccc3c2)cc1. The minimum absolute atomic E-state index is 0.0885. The lowest BCUT2D eigenvalue weighted by atomic mass is 9.56. The summed E-state index contributed by atoms with van der Waals surface area (Å²) in [7, 11) is 0. The van der Waals surface area contributed by atoms with Crippen LogP contribution in [0.25, 0.3) is 21.9 Å². The van der Waals surface area contributed by atoms with E-state index < -0.39 is 0 Å². The molecule has 8 aromatic carbocycles. The quantitative estimate of drug-likeness (QED) is 0.144. The maximum absolute atomic E-state index is 2.47. The van der Waals surface area contributed by atoms with Gasteiger partial charge in [0.05, 0.1) is 0 Å². The van der Waals surface area contributed by atoms with Crippen LogP contribution in [-0.4, -0.2) is 0 Å². The maximum atomic E-state index is 2.47. The highest BCUT2D eigenvalue weighted by Crippen LogP contribution is 2.54. The van der Waals surface area contributed by atoms with Crippen LogP contribution in [0.15, 0.2) is 194 Å². The van der Waals surface area contributed by atoms with Gasteiger partial charge in [0.2, 0.25) is 0 Å². The van der Waals surface area contributed by atoms with Crippen LogP contribution >= 0.6 is 0 Å². The number of anilines is 6. The Hall–Kier alpha value is -6.38. The zero-order valence-electron chi connectivity index (χ0n) is 35.4. The van der Waals surface area contributed by atoms with E-state index in [9.17, 15) is 0 Å². The molecule has 1 fully saturated rings. The number of para-hydroxylation sites is 2. The second-order valence-corrected chi connectivity index (χ2v) is 17.9. The second kappa shape index (κ2) is 15.3. The Morgan fingerprint density at radius 2 is 0.917 bits per heavy atom. The van der Waals surface area contributed by atoms with Crippen LogP contribution in [0.5, 0.6) is 0 Å². The highest BCUT2D eigenvalue weighted by Gasteiger charge is 2.45. The molecule has 296 valence electrons. The lowest BCUT2D eigenvalue weighted by molar-refractivity contribution is 0.170. The first kappa shape index (κ1) is 37.9. The highest BCUT2D eigenvalue weighted by atomic mass is 15.1. The molecule has 0 heterocycles. The van der Waals surface area contributed by atoms with Gasteiger partial charge in [-0.05, 0) is 142 Å². The van der Waals surface area contributed by atoms with Crippen LogP contribution in [0.1, 0.15) is 75.6 Å². The van der Waals surface area contributed by atoms with Crippen molar-refractivity contribution >= 4 is 44.9 Å². The summed E-state index contributed by atoms with van der Waals surface area (Å²) in [6.45, 7) is 9.63. The van der Waals surface area contributed by atoms with Gasteiger partial charge in [-0.15, -0.1) is 0 Å². The predicted octanol–water partition coefficient (Wildman–Crippen LogP) is 16.2. The van der Waals surface area contributed by atoms with Crippen molar-refractivity contribution in [2.24, 2.45) is 11.8 Å². The third-order valence-corrected chi connectivity index (χ3v) is 13.9. The first-order chi connectivity index (χ1) is 29.3. The summed E-state index contributed by atoms with van der Waals surface area (Å²) in [6.07, 6.45) is 4.89. The molecule has 60 heavy (non-hydrogen) atoms. The van der Waals surface area contributed by atoms with Crippen LogP contribution in [-0.2, 0) is 10.8 Å². The van der Waals surface area contributed by atoms with Crippen LogP contribution in [0.4, 0.5) is 34.1 Å². The van der Waals surface area contributed by atoms with Crippen LogP contribution in [0.2, 0.25) is 0 Å². The molecule has 0 aromatic heterocycles. The van der Waals surface area contributed by atoms with Crippen molar-refractivity contribution in [2.45, 2.75) is 64.2 Å². The fourth-order valence-electron chi connectivity index (χ4n) is 11.0. The Labute approximate surface area is 356 Å². The number of fused-ring (bicyclic) bond motifs is 4. The predicted molar refractivity (Wildman–Crippen MR) is 255 cm³/mol. The standard InChI is InChI=1S/C58H54N2/c1-41(2)54-24-15-16-38-58(54,44-27-32-48(33-28-44)59(46-19-7-5-8-20-46)47-21-9-6-10-22-47)45-29-34-49(35-30-45)60(50-31-26-42-17-11-12-18-43(42)39-50)51-36-37-53-52-23-13-14-25-55(52)57(3,4)56(53)40-51/h5-14,17-23,25-37,39-41,54H,15-16,24,38H2,1-4H3. The van der Waals surface area contributed by atoms with Gasteiger partial charge in [0.1, 0.15) is 0 Å². The fourth-order valence-corrected chi connectivity index (χ4v) is 11.0. The normalized spacial score (nSPS) is 17.9. The van der Waals surface area contributed by atoms with E-state index in [4.69, 9.17) is 0 Å². The molecule has 0 saturated heterocycles. The van der Waals surface area contributed by atoms with Gasteiger partial charge >= 0.3 is 0 Å². The summed E-state index contributed by atoms with van der Waals surface area (Å²) >= 11 is 0. The Balaban J connectivity index is 1.08. The minimum Gasteiger partial charge on any atom is -0.311 e. The molecule has 0 spiro atoms. The van der Waals surface area contributed by atoms with E-state index in [0.29, 0.717) is 11.8 Å². The van der Waals surface area contributed by atoms with Gasteiger partial charge in [-0.1, -0.05) is 162 Å². The van der Waals surface area contributed by atoms with Gasteiger partial charge in [0, 0.05) is 45.0 Å². The molecule has 2 heteroatoms. The van der Waals surface area contributed by atoms with Crippen LogP contribution in [0.3, 0.4) is 0 Å². The summed E-state index contributed by atoms with van der Waals surface area (Å²) in [5.41, 5.74) is 15.1. The van der Waals surface area contributed by atoms with E-state index >= 15 is 0 Å². The van der Waals surface area contributed by atoms with Crippen LogP contribution < -0.4 is 9.80 Å². The van der Waals surface area contributed by atoms with Crippen molar-refractivity contribution in [1.29, 1.82) is 0 Å². The van der Waals surface area contributed by atoms with E-state index in [1.807, 2.05) is 0 Å². The average Bonchev–Trinajstić information content (AvgIpc) is 3.53. The van der Waals surface area contributed by atoms with Gasteiger partial charge in [-0.2, -0.15) is 0 Å². The summed E-state index contributed by atoms with van der Waals surface area (Å²) in [5.74, 6) is 1.07. The Morgan fingerprint density at radius 1 is 0.433 bits per heavy atom. The zero-order valence-corrected chi connectivity index (χ0v) is 35.4. The topological polar surface area (TPSA) is 6.48 Å². The Morgan fingerprint density at radius 3 is 1.55 bits per heavy atom. The molecule has 2 aliphatic rings. The number of hydrogen-bond donors (Lipinski definition) is 0. The molecule has 2 unspecified atom stereocenters. The van der Waals surface area contributed by atoms with Crippen molar-refractivity contribution < 1.29 is 0 Å². The van der Waals surface area contributed by atoms with E-state index in [2.05, 4.69) is 232 Å². The van der Waals surface area contributed by atoms with E-state index in [1.165, 1.54) is 86.2 Å². The van der Waals surface area contributed by atoms with Crippen molar-refractivity contribution in [3.63, 3.8) is 0 Å². The molecular formula is C58H54N2. The van der Waals surface area contributed by atoms with Gasteiger partial charge in [-0.3, -0.25) is 0 Å². The van der Waals surface area contributed by atoms with Crippen molar-refractivity contribution in [3.8, 4) is 11.1 Å². The van der Waals surface area contributed by atoms with E-state index in [0.717, 1.165) is 17.8 Å². The molecule has 0 N–H and O–H groups in total. The molecule has 0 bridgehead atoms. The summed E-state index contributed by atoms with van der Waals surface area (Å²) < 4.78 is 0. The monoisotopic (exact) mass is 778 g/mol. The number of nitrogens with zero attached hydrogens (tertiary/aromatic N) is 2. The molecule has 2 aliphatic carbocycles. The van der Waals surface area contributed by atoms with E-state index in [-0.39, 0.29) is 10.8 Å². The van der Waals surface area contributed by atoms with Crippen molar-refractivity contribution in [1.82, 2.24) is 0 Å². The second-order valence-electron chi connectivity index (χ2n) is 17.9. The molecule has 0 aliphatic heterocycles. The number of hydrogen-bond acceptors (Lipinski definition) is 2. The first-order valence-corrected chi connectivity index (χ1v) is 22.0. The molecule has 1 saturated carbocycles. The van der Waals surface area contributed by atoms with Gasteiger partial charge < -0.3 is 9.80 Å². The summed E-state index contributed by atoms with van der Waals surface area (Å²) in [6, 6.07) is 72.4. The third-order valence-electron chi connectivity index (χ3n) is 13.9. The molecule has 2 atom stereocenters. The molecule has 0 radical (unpaired) electrons. The largest absolute Gasteiger partial charge is 0.311 e. The molecule has 2 nitrogen and oxygen atoms in total. The number of rotatable bonds is 9. The Bertz CT molecular complexity index is 2730. The molecule has 0 amide bonds. The van der Waals surface area contributed by atoms with E-state index in [1.54, 1.807) is 0 Å². The summed E-state index contributed by atoms with van der Waals surface area (Å²) in [5, 5.41) is 2.50.